The van der Waals surface area contributed by atoms with E-state index in [4.69, 9.17) is 5.11 Å². The molecule has 4 nitrogen and oxygen atoms in total. The number of hydrogen-bond acceptors (Lipinski definition) is 2. The number of carboxylic acids is 1. The topological polar surface area (TPSA) is 66.4 Å². The van der Waals surface area contributed by atoms with Gasteiger partial charge in [0.15, 0.2) is 0 Å². The first-order valence-corrected chi connectivity index (χ1v) is 6.70. The highest BCUT2D eigenvalue weighted by atomic mass is 16.4. The number of carbonyl (C=O) groups excluding carboxylic acids is 1. The Bertz CT molecular complexity index is 496. The molecule has 19 heavy (non-hydrogen) atoms. The maximum Gasteiger partial charge on any atom is 0.306 e. The average Bonchev–Trinajstić information content (AvgIpc) is 2.38. The summed E-state index contributed by atoms with van der Waals surface area (Å²) in [7, 11) is 0. The van der Waals surface area contributed by atoms with E-state index in [2.05, 4.69) is 11.4 Å². The predicted octanol–water partition coefficient (Wildman–Crippen LogP) is 2.61. The zero-order chi connectivity index (χ0) is 13.8. The maximum absolute atomic E-state index is 11.7. The van der Waals surface area contributed by atoms with E-state index < -0.39 is 11.9 Å². The lowest BCUT2D eigenvalue weighted by Crippen LogP contribution is -2.20. The van der Waals surface area contributed by atoms with Gasteiger partial charge in [0.25, 0.3) is 0 Å². The molecule has 2 N–H and O–H groups in total. The number of anilines is 1. The largest absolute Gasteiger partial charge is 0.481 e. The Hall–Kier alpha value is -1.84. The first kappa shape index (κ1) is 13.6. The van der Waals surface area contributed by atoms with E-state index in [-0.39, 0.29) is 12.3 Å². The average molecular weight is 261 g/mol. The molecule has 4 heteroatoms. The molecule has 1 atom stereocenters. The van der Waals surface area contributed by atoms with Crippen LogP contribution in [0.3, 0.4) is 0 Å². The van der Waals surface area contributed by atoms with Crippen molar-refractivity contribution in [1.29, 1.82) is 0 Å². The molecule has 0 fully saturated rings. The maximum atomic E-state index is 11.7. The van der Waals surface area contributed by atoms with E-state index in [1.807, 2.05) is 12.1 Å². The Morgan fingerprint density at radius 2 is 1.95 bits per heavy atom. The lowest BCUT2D eigenvalue weighted by molar-refractivity contribution is -0.142. The lowest BCUT2D eigenvalue weighted by atomic mass is 9.91. The molecule has 0 aliphatic heterocycles. The SMILES string of the molecule is CC(CC(=O)Nc1ccc2c(c1)CCCC2)C(=O)O. The number of aryl methyl sites for hydroxylation is 2. The van der Waals surface area contributed by atoms with Gasteiger partial charge in [0.1, 0.15) is 0 Å². The van der Waals surface area contributed by atoms with Crippen molar-refractivity contribution >= 4 is 17.6 Å². The number of aliphatic carboxylic acids is 1. The molecule has 1 aliphatic rings. The van der Waals surface area contributed by atoms with Crippen molar-refractivity contribution in [2.24, 2.45) is 5.92 Å². The second kappa shape index (κ2) is 5.87. The Morgan fingerprint density at radius 1 is 1.26 bits per heavy atom. The number of rotatable bonds is 4. The standard InChI is InChI=1S/C15H19NO3/c1-10(15(18)19)8-14(17)16-13-7-6-11-4-2-3-5-12(11)9-13/h6-7,9-10H,2-5,8H2,1H3,(H,16,17)(H,18,19). The summed E-state index contributed by atoms with van der Waals surface area (Å²) >= 11 is 0. The molecule has 1 unspecified atom stereocenters. The summed E-state index contributed by atoms with van der Waals surface area (Å²) < 4.78 is 0. The summed E-state index contributed by atoms with van der Waals surface area (Å²) in [6, 6.07) is 5.97. The third-order valence-electron chi connectivity index (χ3n) is 3.55. The molecule has 0 bridgehead atoms. The summed E-state index contributed by atoms with van der Waals surface area (Å²) in [5.41, 5.74) is 3.43. The minimum atomic E-state index is -0.944. The number of fused-ring (bicyclic) bond motifs is 1. The van der Waals surface area contributed by atoms with Crippen LogP contribution in [0.15, 0.2) is 18.2 Å². The van der Waals surface area contributed by atoms with Crippen LogP contribution in [0.25, 0.3) is 0 Å². The number of nitrogens with one attached hydrogen (secondary N) is 1. The zero-order valence-corrected chi connectivity index (χ0v) is 11.1. The molecule has 2 rings (SSSR count). The minimum absolute atomic E-state index is 0.00637. The van der Waals surface area contributed by atoms with Crippen LogP contribution in [0.1, 0.15) is 37.3 Å². The van der Waals surface area contributed by atoms with Crippen LogP contribution in [0.2, 0.25) is 0 Å². The van der Waals surface area contributed by atoms with Crippen LogP contribution in [0.4, 0.5) is 5.69 Å². The Labute approximate surface area is 112 Å². The van der Waals surface area contributed by atoms with E-state index in [9.17, 15) is 9.59 Å². The van der Waals surface area contributed by atoms with Gasteiger partial charge in [-0.1, -0.05) is 13.0 Å². The van der Waals surface area contributed by atoms with Crippen molar-refractivity contribution in [3.63, 3.8) is 0 Å². The van der Waals surface area contributed by atoms with Gasteiger partial charge in [-0.3, -0.25) is 9.59 Å². The minimum Gasteiger partial charge on any atom is -0.481 e. The summed E-state index contributed by atoms with van der Waals surface area (Å²) in [4.78, 5) is 22.4. The van der Waals surface area contributed by atoms with E-state index in [1.165, 1.54) is 30.9 Å². The van der Waals surface area contributed by atoms with E-state index >= 15 is 0 Å². The molecule has 0 spiro atoms. The number of hydrogen-bond donors (Lipinski definition) is 2. The van der Waals surface area contributed by atoms with Gasteiger partial charge >= 0.3 is 5.97 Å². The van der Waals surface area contributed by atoms with Crippen molar-refractivity contribution in [2.45, 2.75) is 39.0 Å². The fourth-order valence-corrected chi connectivity index (χ4v) is 2.39. The van der Waals surface area contributed by atoms with E-state index in [1.54, 1.807) is 0 Å². The van der Waals surface area contributed by atoms with Gasteiger partial charge in [-0.05, 0) is 48.9 Å². The molecular formula is C15H19NO3. The van der Waals surface area contributed by atoms with E-state index in [0.29, 0.717) is 0 Å². The van der Waals surface area contributed by atoms with Crippen molar-refractivity contribution in [3.05, 3.63) is 29.3 Å². The van der Waals surface area contributed by atoms with Crippen LogP contribution in [-0.4, -0.2) is 17.0 Å². The predicted molar refractivity (Wildman–Crippen MR) is 73.1 cm³/mol. The van der Waals surface area contributed by atoms with Crippen LogP contribution in [0, 0.1) is 5.92 Å². The molecule has 1 aromatic rings. The quantitative estimate of drug-likeness (QED) is 0.875. The third-order valence-corrected chi connectivity index (χ3v) is 3.55. The van der Waals surface area contributed by atoms with Crippen LogP contribution in [-0.2, 0) is 22.4 Å². The first-order valence-electron chi connectivity index (χ1n) is 6.70. The summed E-state index contributed by atoms with van der Waals surface area (Å²) in [6.45, 7) is 1.54. The zero-order valence-electron chi connectivity index (χ0n) is 11.1. The molecule has 0 saturated carbocycles. The highest BCUT2D eigenvalue weighted by Gasteiger charge is 2.16. The van der Waals surface area contributed by atoms with Crippen molar-refractivity contribution < 1.29 is 14.7 Å². The van der Waals surface area contributed by atoms with Gasteiger partial charge in [0.05, 0.1) is 5.92 Å². The van der Waals surface area contributed by atoms with Gasteiger partial charge in [0.2, 0.25) is 5.91 Å². The van der Waals surface area contributed by atoms with Crippen molar-refractivity contribution in [3.8, 4) is 0 Å². The fraction of sp³-hybridized carbons (Fsp3) is 0.467. The lowest BCUT2D eigenvalue weighted by Gasteiger charge is -2.17. The molecule has 0 heterocycles. The molecule has 0 aromatic heterocycles. The van der Waals surface area contributed by atoms with Crippen molar-refractivity contribution in [1.82, 2.24) is 0 Å². The number of benzene rings is 1. The monoisotopic (exact) mass is 261 g/mol. The van der Waals surface area contributed by atoms with Crippen LogP contribution in [0.5, 0.6) is 0 Å². The molecule has 102 valence electrons. The molecule has 1 aliphatic carbocycles. The number of amides is 1. The molecule has 0 radical (unpaired) electrons. The number of carbonyl (C=O) groups is 2. The Morgan fingerprint density at radius 3 is 2.63 bits per heavy atom. The van der Waals surface area contributed by atoms with Gasteiger partial charge in [-0.2, -0.15) is 0 Å². The second-order valence-electron chi connectivity index (χ2n) is 5.18. The Kier molecular flexibility index (Phi) is 4.20. The molecule has 1 aromatic carbocycles. The fourth-order valence-electron chi connectivity index (χ4n) is 2.39. The Balaban J connectivity index is 1.99. The summed E-state index contributed by atoms with van der Waals surface area (Å²) in [5.74, 6) is -1.84. The second-order valence-corrected chi connectivity index (χ2v) is 5.18. The van der Waals surface area contributed by atoms with Gasteiger partial charge < -0.3 is 10.4 Å². The highest BCUT2D eigenvalue weighted by molar-refractivity contribution is 5.93. The summed E-state index contributed by atoms with van der Waals surface area (Å²) in [6.07, 6.45) is 4.60. The van der Waals surface area contributed by atoms with Gasteiger partial charge in [-0.15, -0.1) is 0 Å². The van der Waals surface area contributed by atoms with Gasteiger partial charge in [-0.25, -0.2) is 0 Å². The first-order chi connectivity index (χ1) is 9.06. The molecule has 1 amide bonds. The number of carboxylic acid groups (broad SMARTS) is 1. The normalized spacial score (nSPS) is 15.4. The smallest absolute Gasteiger partial charge is 0.306 e. The summed E-state index contributed by atoms with van der Waals surface area (Å²) in [5, 5.41) is 11.6. The molecule has 0 saturated heterocycles. The van der Waals surface area contributed by atoms with E-state index in [0.717, 1.165) is 18.5 Å². The van der Waals surface area contributed by atoms with Crippen molar-refractivity contribution in [2.75, 3.05) is 5.32 Å². The highest BCUT2D eigenvalue weighted by Crippen LogP contribution is 2.24. The van der Waals surface area contributed by atoms with Gasteiger partial charge in [0, 0.05) is 12.1 Å². The van der Waals surface area contributed by atoms with Crippen LogP contribution >= 0.6 is 0 Å². The third kappa shape index (κ3) is 3.56. The molecular weight excluding hydrogens is 242 g/mol. The van der Waals surface area contributed by atoms with Crippen LogP contribution < -0.4 is 5.32 Å².